The van der Waals surface area contributed by atoms with Crippen molar-refractivity contribution in [3.05, 3.63) is 71.3 Å². The third kappa shape index (κ3) is 3.17. The maximum atomic E-state index is 12.2. The molecule has 0 fully saturated rings. The normalized spacial score (nSPS) is 14.2. The number of hydrogen-bond acceptors (Lipinski definition) is 6. The minimum absolute atomic E-state index is 0.188. The van der Waals surface area contributed by atoms with Gasteiger partial charge in [-0.1, -0.05) is 30.3 Å². The summed E-state index contributed by atoms with van der Waals surface area (Å²) in [5.74, 6) is -3.20. The molecule has 1 aliphatic rings. The molecular weight excluding hydrogens is 326 g/mol. The molecule has 0 radical (unpaired) electrons. The summed E-state index contributed by atoms with van der Waals surface area (Å²) in [7, 11) is 0. The molecule has 7 heteroatoms. The Bertz CT molecular complexity index is 826. The summed E-state index contributed by atoms with van der Waals surface area (Å²) >= 11 is 0. The van der Waals surface area contributed by atoms with Gasteiger partial charge in [-0.3, -0.25) is 9.59 Å². The first-order valence-electron chi connectivity index (χ1n) is 7.44. The predicted octanol–water partition coefficient (Wildman–Crippen LogP) is 1.99. The highest BCUT2D eigenvalue weighted by atomic mass is 16.7. The van der Waals surface area contributed by atoms with Gasteiger partial charge >= 0.3 is 11.9 Å². The number of rotatable bonds is 4. The molecule has 0 N–H and O–H groups in total. The van der Waals surface area contributed by atoms with E-state index in [0.29, 0.717) is 5.06 Å². The van der Waals surface area contributed by atoms with Crippen LogP contribution in [0.2, 0.25) is 0 Å². The number of hydrogen-bond donors (Lipinski definition) is 0. The van der Waals surface area contributed by atoms with Gasteiger partial charge in [-0.05, 0) is 31.2 Å². The number of amides is 2. The summed E-state index contributed by atoms with van der Waals surface area (Å²) in [5.41, 5.74) is 0.575. The lowest BCUT2D eigenvalue weighted by Gasteiger charge is -2.17. The average Bonchev–Trinajstić information content (AvgIpc) is 2.87. The Hall–Kier alpha value is -3.32. The van der Waals surface area contributed by atoms with Crippen LogP contribution in [-0.4, -0.2) is 34.9 Å². The smallest absolute Gasteiger partial charge is 0.345 e. The van der Waals surface area contributed by atoms with E-state index in [2.05, 4.69) is 0 Å². The first kappa shape index (κ1) is 16.5. The van der Waals surface area contributed by atoms with E-state index in [0.717, 1.165) is 0 Å². The number of benzene rings is 2. The Labute approximate surface area is 142 Å². The molecule has 0 saturated carbocycles. The number of carbonyl (C=O) groups excluding carboxylic acids is 4. The van der Waals surface area contributed by atoms with Crippen molar-refractivity contribution in [2.45, 2.75) is 13.0 Å². The van der Waals surface area contributed by atoms with E-state index in [4.69, 9.17) is 9.57 Å². The molecule has 2 amide bonds. The van der Waals surface area contributed by atoms with Gasteiger partial charge < -0.3 is 4.74 Å². The van der Waals surface area contributed by atoms with E-state index in [1.807, 2.05) is 0 Å². The molecule has 7 nitrogen and oxygen atoms in total. The SMILES string of the molecule is CC(ON1C(=O)c2ccccc2C1=O)C(=O)OC(=O)c1ccccc1. The largest absolute Gasteiger partial charge is 0.387 e. The summed E-state index contributed by atoms with van der Waals surface area (Å²) < 4.78 is 4.70. The fraction of sp³-hybridized carbons (Fsp3) is 0.111. The molecule has 1 unspecified atom stereocenters. The van der Waals surface area contributed by atoms with Crippen LogP contribution in [0.15, 0.2) is 54.6 Å². The van der Waals surface area contributed by atoms with Gasteiger partial charge in [0.15, 0.2) is 6.10 Å². The number of hydroxylamine groups is 2. The number of fused-ring (bicyclic) bond motifs is 1. The van der Waals surface area contributed by atoms with Crippen molar-refractivity contribution in [1.82, 2.24) is 5.06 Å². The van der Waals surface area contributed by atoms with Gasteiger partial charge in [-0.2, -0.15) is 0 Å². The number of esters is 2. The maximum absolute atomic E-state index is 12.2. The zero-order valence-electron chi connectivity index (χ0n) is 13.2. The lowest BCUT2D eigenvalue weighted by molar-refractivity contribution is -0.171. The summed E-state index contributed by atoms with van der Waals surface area (Å²) in [4.78, 5) is 53.3. The first-order chi connectivity index (χ1) is 12.0. The Kier molecular flexibility index (Phi) is 4.40. The van der Waals surface area contributed by atoms with Crippen molar-refractivity contribution in [2.24, 2.45) is 0 Å². The molecule has 0 aliphatic carbocycles. The van der Waals surface area contributed by atoms with Gasteiger partial charge in [-0.25, -0.2) is 14.4 Å². The fourth-order valence-corrected chi connectivity index (χ4v) is 2.27. The number of nitrogens with zero attached hydrogens (tertiary/aromatic N) is 1. The monoisotopic (exact) mass is 339 g/mol. The van der Waals surface area contributed by atoms with Crippen molar-refractivity contribution in [3.8, 4) is 0 Å². The third-order valence-corrected chi connectivity index (χ3v) is 3.56. The number of imide groups is 1. The highest BCUT2D eigenvalue weighted by Crippen LogP contribution is 2.23. The Morgan fingerprint density at radius 1 is 0.880 bits per heavy atom. The second-order valence-electron chi connectivity index (χ2n) is 5.27. The summed E-state index contributed by atoms with van der Waals surface area (Å²) in [6, 6.07) is 14.2. The highest BCUT2D eigenvalue weighted by Gasteiger charge is 2.39. The molecule has 1 atom stereocenters. The zero-order chi connectivity index (χ0) is 18.0. The van der Waals surface area contributed by atoms with E-state index in [1.54, 1.807) is 30.3 Å². The van der Waals surface area contributed by atoms with Crippen LogP contribution in [0.3, 0.4) is 0 Å². The standard InChI is InChI=1S/C18H13NO6/c1-11(17(22)24-18(23)12-7-3-2-4-8-12)25-19-15(20)13-9-5-6-10-14(13)16(19)21/h2-11H,1H3. The molecule has 2 aromatic carbocycles. The van der Waals surface area contributed by atoms with Gasteiger partial charge in [-0.15, -0.1) is 5.06 Å². The minimum Gasteiger partial charge on any atom is -0.387 e. The van der Waals surface area contributed by atoms with E-state index in [9.17, 15) is 19.2 Å². The van der Waals surface area contributed by atoms with Crippen LogP contribution in [0.25, 0.3) is 0 Å². The first-order valence-corrected chi connectivity index (χ1v) is 7.44. The third-order valence-electron chi connectivity index (χ3n) is 3.56. The topological polar surface area (TPSA) is 90.0 Å². The molecule has 1 aliphatic heterocycles. The molecule has 0 bridgehead atoms. The van der Waals surface area contributed by atoms with Gasteiger partial charge in [0.05, 0.1) is 16.7 Å². The van der Waals surface area contributed by atoms with Gasteiger partial charge in [0.1, 0.15) is 0 Å². The lowest BCUT2D eigenvalue weighted by Crippen LogP contribution is -2.38. The van der Waals surface area contributed by atoms with Gasteiger partial charge in [0.2, 0.25) is 0 Å². The van der Waals surface area contributed by atoms with E-state index < -0.39 is 29.9 Å². The van der Waals surface area contributed by atoms with Crippen molar-refractivity contribution >= 4 is 23.8 Å². The van der Waals surface area contributed by atoms with Gasteiger partial charge in [0, 0.05) is 0 Å². The summed E-state index contributed by atoms with van der Waals surface area (Å²) in [6.45, 7) is 1.28. The minimum atomic E-state index is -1.32. The predicted molar refractivity (Wildman–Crippen MR) is 84.4 cm³/mol. The highest BCUT2D eigenvalue weighted by molar-refractivity contribution is 6.20. The fourth-order valence-electron chi connectivity index (χ4n) is 2.27. The molecule has 2 aromatic rings. The van der Waals surface area contributed by atoms with Crippen LogP contribution < -0.4 is 0 Å². The lowest BCUT2D eigenvalue weighted by atomic mass is 10.1. The van der Waals surface area contributed by atoms with E-state index >= 15 is 0 Å². The average molecular weight is 339 g/mol. The van der Waals surface area contributed by atoms with Crippen molar-refractivity contribution in [2.75, 3.05) is 0 Å². The van der Waals surface area contributed by atoms with E-state index in [-0.39, 0.29) is 16.7 Å². The van der Waals surface area contributed by atoms with Crippen molar-refractivity contribution in [1.29, 1.82) is 0 Å². The Balaban J connectivity index is 1.66. The second-order valence-corrected chi connectivity index (χ2v) is 5.27. The molecule has 3 rings (SSSR count). The molecule has 126 valence electrons. The van der Waals surface area contributed by atoms with Crippen LogP contribution in [0.4, 0.5) is 0 Å². The number of carbonyl (C=O) groups is 4. The van der Waals surface area contributed by atoms with Crippen LogP contribution in [0.5, 0.6) is 0 Å². The van der Waals surface area contributed by atoms with Crippen LogP contribution in [-0.2, 0) is 14.4 Å². The summed E-state index contributed by atoms with van der Waals surface area (Å²) in [5, 5.41) is 0.504. The zero-order valence-corrected chi connectivity index (χ0v) is 13.2. The van der Waals surface area contributed by atoms with E-state index in [1.165, 1.54) is 31.2 Å². The molecule has 0 spiro atoms. The van der Waals surface area contributed by atoms with Crippen LogP contribution >= 0.6 is 0 Å². The Morgan fingerprint density at radius 2 is 1.40 bits per heavy atom. The molecule has 1 heterocycles. The van der Waals surface area contributed by atoms with Gasteiger partial charge in [0.25, 0.3) is 11.8 Å². The van der Waals surface area contributed by atoms with Crippen LogP contribution in [0.1, 0.15) is 38.0 Å². The second kappa shape index (κ2) is 6.66. The number of ether oxygens (including phenoxy) is 1. The molecule has 25 heavy (non-hydrogen) atoms. The quantitative estimate of drug-likeness (QED) is 0.481. The van der Waals surface area contributed by atoms with Crippen LogP contribution in [0, 0.1) is 0 Å². The maximum Gasteiger partial charge on any atom is 0.345 e. The molecule has 0 saturated heterocycles. The Morgan fingerprint density at radius 3 is 1.96 bits per heavy atom. The molecular formula is C18H13NO6. The summed E-state index contributed by atoms with van der Waals surface area (Å²) in [6.07, 6.45) is -1.32. The van der Waals surface area contributed by atoms with Crippen molar-refractivity contribution < 1.29 is 28.8 Å². The molecule has 0 aromatic heterocycles. The van der Waals surface area contributed by atoms with Crippen molar-refractivity contribution in [3.63, 3.8) is 0 Å².